The minimum Gasteiger partial charge on any atom is -0.496 e. The van der Waals surface area contributed by atoms with E-state index in [2.05, 4.69) is 16.3 Å². The minimum absolute atomic E-state index is 0.189. The van der Waals surface area contributed by atoms with Crippen LogP contribution in [-0.2, 0) is 17.8 Å². The molecule has 4 N–H and O–H groups in total. The van der Waals surface area contributed by atoms with E-state index in [0.29, 0.717) is 18.0 Å². The first-order chi connectivity index (χ1) is 15.4. The second-order valence-corrected chi connectivity index (χ2v) is 7.51. The van der Waals surface area contributed by atoms with Crippen molar-refractivity contribution in [3.8, 4) is 5.75 Å². The van der Waals surface area contributed by atoms with Crippen LogP contribution in [-0.4, -0.2) is 36.8 Å². The van der Waals surface area contributed by atoms with Crippen molar-refractivity contribution in [2.24, 2.45) is 21.9 Å². The van der Waals surface area contributed by atoms with E-state index in [9.17, 15) is 4.79 Å². The number of urea groups is 1. The van der Waals surface area contributed by atoms with Gasteiger partial charge in [0, 0.05) is 24.6 Å². The summed E-state index contributed by atoms with van der Waals surface area (Å²) in [5.41, 5.74) is 5.32. The maximum absolute atomic E-state index is 12.2. The normalized spacial score (nSPS) is 14.3. The molecule has 0 bridgehead atoms. The van der Waals surface area contributed by atoms with Crippen molar-refractivity contribution in [3.05, 3.63) is 58.7 Å². The molecule has 0 spiro atoms. The number of fused-ring (bicyclic) bond motifs is 1. The standard InChI is InChI=1S/C23H30N6O3/c1-5-21(27-26-18-13-12-16-9-7-11-20(31-4)22(16)18)32-14-17-15(2)8-6-10-19(17)29(25)23(30)28(3)24/h6-11H,5,12-14,24-25H2,1-4H3. The van der Waals surface area contributed by atoms with Gasteiger partial charge in [-0.3, -0.25) is 5.01 Å². The van der Waals surface area contributed by atoms with E-state index in [-0.39, 0.29) is 6.61 Å². The van der Waals surface area contributed by atoms with Crippen molar-refractivity contribution in [1.82, 2.24) is 5.01 Å². The fraction of sp³-hybridized carbons (Fsp3) is 0.348. The average molecular weight is 439 g/mol. The Morgan fingerprint density at radius 3 is 2.59 bits per heavy atom. The van der Waals surface area contributed by atoms with Gasteiger partial charge in [-0.25, -0.2) is 21.5 Å². The van der Waals surface area contributed by atoms with Crippen molar-refractivity contribution in [2.75, 3.05) is 19.2 Å². The van der Waals surface area contributed by atoms with E-state index in [0.717, 1.165) is 51.0 Å². The Labute approximate surface area is 188 Å². The molecular formula is C23H30N6O3. The number of hydrazine groups is 2. The molecule has 0 aromatic heterocycles. The van der Waals surface area contributed by atoms with Crippen LogP contribution in [0, 0.1) is 6.92 Å². The number of carbonyl (C=O) groups excluding carboxylic acids is 1. The van der Waals surface area contributed by atoms with Gasteiger partial charge in [0.2, 0.25) is 5.90 Å². The SMILES string of the molecule is CCC(=NN=C1CCc2cccc(OC)c21)OCc1c(C)cccc1N(N)C(=O)N(C)N. The first-order valence-corrected chi connectivity index (χ1v) is 10.5. The summed E-state index contributed by atoms with van der Waals surface area (Å²) in [5, 5.41) is 10.8. The fourth-order valence-corrected chi connectivity index (χ4v) is 3.61. The molecule has 0 atom stereocenters. The van der Waals surface area contributed by atoms with Gasteiger partial charge in [-0.15, -0.1) is 5.10 Å². The number of methoxy groups -OCH3 is 1. The van der Waals surface area contributed by atoms with Crippen LogP contribution in [0.2, 0.25) is 0 Å². The maximum atomic E-state index is 12.2. The fourth-order valence-electron chi connectivity index (χ4n) is 3.61. The van der Waals surface area contributed by atoms with Gasteiger partial charge in [0.05, 0.1) is 18.5 Å². The lowest BCUT2D eigenvalue weighted by Gasteiger charge is -2.24. The van der Waals surface area contributed by atoms with Crippen LogP contribution in [0.1, 0.15) is 42.0 Å². The predicted molar refractivity (Wildman–Crippen MR) is 126 cm³/mol. The topological polar surface area (TPSA) is 119 Å². The molecule has 0 radical (unpaired) electrons. The van der Waals surface area contributed by atoms with Crippen molar-refractivity contribution < 1.29 is 14.3 Å². The first-order valence-electron chi connectivity index (χ1n) is 10.5. The van der Waals surface area contributed by atoms with Crippen molar-refractivity contribution in [3.63, 3.8) is 0 Å². The molecular weight excluding hydrogens is 408 g/mol. The Hall–Kier alpha value is -3.43. The number of anilines is 1. The molecule has 32 heavy (non-hydrogen) atoms. The second kappa shape index (κ2) is 10.3. The van der Waals surface area contributed by atoms with Crippen LogP contribution in [0.3, 0.4) is 0 Å². The van der Waals surface area contributed by atoms with Gasteiger partial charge in [0.25, 0.3) is 0 Å². The highest BCUT2D eigenvalue weighted by atomic mass is 16.5. The number of ether oxygens (including phenoxy) is 2. The van der Waals surface area contributed by atoms with Crippen LogP contribution < -0.4 is 21.4 Å². The van der Waals surface area contributed by atoms with Gasteiger partial charge in [0.1, 0.15) is 12.4 Å². The number of nitrogens with two attached hydrogens (primary N) is 2. The third kappa shape index (κ3) is 4.90. The zero-order valence-corrected chi connectivity index (χ0v) is 19.0. The van der Waals surface area contributed by atoms with E-state index in [4.69, 9.17) is 21.2 Å². The van der Waals surface area contributed by atoms with Gasteiger partial charge < -0.3 is 9.47 Å². The summed E-state index contributed by atoms with van der Waals surface area (Å²) in [6.07, 6.45) is 2.27. The molecule has 2 aromatic rings. The van der Waals surface area contributed by atoms with Gasteiger partial charge in [-0.05, 0) is 43.0 Å². The van der Waals surface area contributed by atoms with Crippen molar-refractivity contribution >= 4 is 23.3 Å². The molecule has 170 valence electrons. The van der Waals surface area contributed by atoms with E-state index in [1.807, 2.05) is 38.1 Å². The second-order valence-electron chi connectivity index (χ2n) is 7.51. The lowest BCUT2D eigenvalue weighted by molar-refractivity contribution is 0.216. The molecule has 9 nitrogen and oxygen atoms in total. The maximum Gasteiger partial charge on any atom is 0.352 e. The molecule has 1 aliphatic carbocycles. The molecule has 2 aromatic carbocycles. The number of carbonyl (C=O) groups is 1. The van der Waals surface area contributed by atoms with E-state index >= 15 is 0 Å². The molecule has 0 saturated carbocycles. The number of aryl methyl sites for hydroxylation is 2. The van der Waals surface area contributed by atoms with Crippen molar-refractivity contribution in [2.45, 2.75) is 39.7 Å². The van der Waals surface area contributed by atoms with Gasteiger partial charge in [-0.2, -0.15) is 5.10 Å². The van der Waals surface area contributed by atoms with Crippen LogP contribution in [0.5, 0.6) is 5.75 Å². The Bertz CT molecular complexity index is 1050. The molecule has 0 aliphatic heterocycles. The summed E-state index contributed by atoms with van der Waals surface area (Å²) in [4.78, 5) is 12.2. The van der Waals surface area contributed by atoms with Crippen LogP contribution >= 0.6 is 0 Å². The highest BCUT2D eigenvalue weighted by molar-refractivity contribution is 6.07. The minimum atomic E-state index is -0.540. The van der Waals surface area contributed by atoms with Crippen LogP contribution in [0.25, 0.3) is 0 Å². The summed E-state index contributed by atoms with van der Waals surface area (Å²) < 4.78 is 11.5. The molecule has 9 heteroatoms. The predicted octanol–water partition coefficient (Wildman–Crippen LogP) is 3.28. The number of benzene rings is 2. The number of hydrogen-bond donors (Lipinski definition) is 2. The zero-order chi connectivity index (χ0) is 23.3. The average Bonchev–Trinajstić information content (AvgIpc) is 3.22. The lowest BCUT2D eigenvalue weighted by atomic mass is 10.1. The monoisotopic (exact) mass is 438 g/mol. The molecule has 0 unspecified atom stereocenters. The largest absolute Gasteiger partial charge is 0.496 e. The van der Waals surface area contributed by atoms with Crippen LogP contribution in [0.4, 0.5) is 10.5 Å². The number of rotatable bonds is 6. The summed E-state index contributed by atoms with van der Waals surface area (Å²) in [7, 11) is 3.09. The highest BCUT2D eigenvalue weighted by Crippen LogP contribution is 2.31. The molecule has 0 fully saturated rings. The summed E-state index contributed by atoms with van der Waals surface area (Å²) >= 11 is 0. The van der Waals surface area contributed by atoms with E-state index < -0.39 is 6.03 Å². The van der Waals surface area contributed by atoms with Gasteiger partial charge in [-0.1, -0.05) is 31.2 Å². The molecule has 3 rings (SSSR count). The number of nitrogens with zero attached hydrogens (tertiary/aromatic N) is 4. The summed E-state index contributed by atoms with van der Waals surface area (Å²) in [5.74, 6) is 12.8. The quantitative estimate of drug-likeness (QED) is 0.236. The summed E-state index contributed by atoms with van der Waals surface area (Å²) in [6, 6.07) is 11.0. The highest BCUT2D eigenvalue weighted by Gasteiger charge is 2.22. The Morgan fingerprint density at radius 2 is 1.91 bits per heavy atom. The molecule has 1 aliphatic rings. The smallest absolute Gasteiger partial charge is 0.352 e. The van der Waals surface area contributed by atoms with Gasteiger partial charge in [0.15, 0.2) is 0 Å². The number of hydrogen-bond acceptors (Lipinski definition) is 7. The van der Waals surface area contributed by atoms with Crippen molar-refractivity contribution in [1.29, 1.82) is 0 Å². The third-order valence-electron chi connectivity index (χ3n) is 5.37. The summed E-state index contributed by atoms with van der Waals surface area (Å²) in [6.45, 7) is 4.06. The van der Waals surface area contributed by atoms with E-state index in [1.165, 1.54) is 12.6 Å². The Balaban J connectivity index is 1.81. The first kappa shape index (κ1) is 23.2. The molecule has 0 heterocycles. The Kier molecular flexibility index (Phi) is 7.45. The molecule has 0 saturated heterocycles. The van der Waals surface area contributed by atoms with Gasteiger partial charge >= 0.3 is 6.03 Å². The number of amides is 2. The lowest BCUT2D eigenvalue weighted by Crippen LogP contribution is -2.49. The van der Waals surface area contributed by atoms with Crippen LogP contribution in [0.15, 0.2) is 46.6 Å². The Morgan fingerprint density at radius 1 is 1.16 bits per heavy atom. The van der Waals surface area contributed by atoms with E-state index in [1.54, 1.807) is 13.2 Å². The molecule has 2 amide bonds. The zero-order valence-electron chi connectivity index (χ0n) is 19.0. The third-order valence-corrected chi connectivity index (χ3v) is 5.37.